The normalized spacial score (nSPS) is 16.8. The second-order valence-electron chi connectivity index (χ2n) is 6.56. The molecule has 1 aliphatic heterocycles. The van der Waals surface area contributed by atoms with E-state index in [1.165, 1.54) is 31.2 Å². The number of ketones is 2. The summed E-state index contributed by atoms with van der Waals surface area (Å²) in [6.45, 7) is 2.69. The van der Waals surface area contributed by atoms with Gasteiger partial charge >= 0.3 is 0 Å². The molecule has 4 nitrogen and oxygen atoms in total. The van der Waals surface area contributed by atoms with Gasteiger partial charge in [0.1, 0.15) is 11.9 Å². The number of nitrogens with zero attached hydrogens (tertiary/aromatic N) is 2. The van der Waals surface area contributed by atoms with Crippen LogP contribution in [0.1, 0.15) is 46.0 Å². The van der Waals surface area contributed by atoms with E-state index in [1.54, 1.807) is 18.2 Å². The summed E-state index contributed by atoms with van der Waals surface area (Å²) in [5.41, 5.74) is 2.23. The molecule has 0 spiro atoms. The van der Waals surface area contributed by atoms with E-state index in [1.807, 2.05) is 4.90 Å². The lowest BCUT2D eigenvalue weighted by atomic mass is 9.89. The number of halogens is 1. The third kappa shape index (κ3) is 3.65. The van der Waals surface area contributed by atoms with Crippen LogP contribution in [-0.2, 0) is 0 Å². The van der Waals surface area contributed by atoms with Crippen molar-refractivity contribution < 1.29 is 14.0 Å². The molecule has 0 aliphatic carbocycles. The second-order valence-corrected chi connectivity index (χ2v) is 6.56. The third-order valence-electron chi connectivity index (χ3n) is 4.79. The SMILES string of the molecule is CC(=O)c1ccc(C#N)c(N2CCCC(C(=O)c3ccc(F)cc3)C2)c1. The molecule has 3 rings (SSSR count). The van der Waals surface area contributed by atoms with Crippen LogP contribution in [0, 0.1) is 23.1 Å². The van der Waals surface area contributed by atoms with Crippen LogP contribution in [0.2, 0.25) is 0 Å². The monoisotopic (exact) mass is 350 g/mol. The number of nitriles is 1. The Labute approximate surface area is 151 Å². The van der Waals surface area contributed by atoms with Crippen LogP contribution in [0.3, 0.4) is 0 Å². The summed E-state index contributed by atoms with van der Waals surface area (Å²) in [7, 11) is 0. The van der Waals surface area contributed by atoms with Crippen LogP contribution in [0.25, 0.3) is 0 Å². The summed E-state index contributed by atoms with van der Waals surface area (Å²) in [5.74, 6) is -0.670. The molecule has 1 atom stereocenters. The van der Waals surface area contributed by atoms with Crippen LogP contribution in [0.4, 0.5) is 10.1 Å². The van der Waals surface area contributed by atoms with Gasteiger partial charge in [-0.2, -0.15) is 5.26 Å². The van der Waals surface area contributed by atoms with Crippen molar-refractivity contribution in [1.29, 1.82) is 5.26 Å². The number of anilines is 1. The maximum Gasteiger partial charge on any atom is 0.167 e. The molecule has 1 unspecified atom stereocenters. The Kier molecular flexibility index (Phi) is 5.13. The fourth-order valence-electron chi connectivity index (χ4n) is 3.37. The summed E-state index contributed by atoms with van der Waals surface area (Å²) < 4.78 is 13.1. The van der Waals surface area contributed by atoms with Gasteiger partial charge in [0.25, 0.3) is 0 Å². The van der Waals surface area contributed by atoms with E-state index >= 15 is 0 Å². The molecular weight excluding hydrogens is 331 g/mol. The number of hydrogen-bond acceptors (Lipinski definition) is 4. The Balaban J connectivity index is 1.85. The standard InChI is InChI=1S/C21H19FN2O2/c1-14(25)16-4-5-17(12-23)20(11-16)24-10-2-3-18(13-24)21(26)15-6-8-19(22)9-7-15/h4-9,11,18H,2-3,10,13H2,1H3. The van der Waals surface area contributed by atoms with E-state index < -0.39 is 0 Å². The van der Waals surface area contributed by atoms with Gasteiger partial charge in [0.05, 0.1) is 11.3 Å². The van der Waals surface area contributed by atoms with Crippen molar-refractivity contribution in [3.63, 3.8) is 0 Å². The third-order valence-corrected chi connectivity index (χ3v) is 4.79. The maximum absolute atomic E-state index is 13.1. The zero-order chi connectivity index (χ0) is 18.7. The average molecular weight is 350 g/mol. The summed E-state index contributed by atoms with van der Waals surface area (Å²) in [6, 6.07) is 12.8. The Morgan fingerprint density at radius 2 is 1.85 bits per heavy atom. The largest absolute Gasteiger partial charge is 0.370 e. The lowest BCUT2D eigenvalue weighted by Crippen LogP contribution is -2.39. The topological polar surface area (TPSA) is 61.2 Å². The highest BCUT2D eigenvalue weighted by atomic mass is 19.1. The predicted molar refractivity (Wildman–Crippen MR) is 96.8 cm³/mol. The number of benzene rings is 2. The minimum atomic E-state index is -0.369. The minimum absolute atomic E-state index is 0.0177. The predicted octanol–water partition coefficient (Wildman–Crippen LogP) is 4.00. The van der Waals surface area contributed by atoms with Crippen LogP contribution < -0.4 is 4.90 Å². The number of piperidine rings is 1. The number of Topliss-reactive ketones (excluding diaryl/α,β-unsaturated/α-hetero) is 2. The fourth-order valence-corrected chi connectivity index (χ4v) is 3.37. The highest BCUT2D eigenvalue weighted by Gasteiger charge is 2.28. The molecule has 2 aromatic carbocycles. The van der Waals surface area contributed by atoms with E-state index in [0.29, 0.717) is 28.9 Å². The molecule has 0 radical (unpaired) electrons. The summed E-state index contributed by atoms with van der Waals surface area (Å²) in [4.78, 5) is 26.4. The lowest BCUT2D eigenvalue weighted by molar-refractivity contribution is 0.0906. The van der Waals surface area contributed by atoms with Gasteiger partial charge in [0.15, 0.2) is 11.6 Å². The van der Waals surface area contributed by atoms with Gasteiger partial charge in [-0.05, 0) is 62.2 Å². The van der Waals surface area contributed by atoms with Gasteiger partial charge in [-0.3, -0.25) is 9.59 Å². The molecule has 1 fully saturated rings. The zero-order valence-corrected chi connectivity index (χ0v) is 14.5. The first-order valence-electron chi connectivity index (χ1n) is 8.59. The van der Waals surface area contributed by atoms with Gasteiger partial charge in [-0.15, -0.1) is 0 Å². The van der Waals surface area contributed by atoms with Crippen molar-refractivity contribution in [1.82, 2.24) is 0 Å². The first-order valence-corrected chi connectivity index (χ1v) is 8.59. The van der Waals surface area contributed by atoms with Gasteiger partial charge in [0.2, 0.25) is 0 Å². The molecule has 1 saturated heterocycles. The molecule has 1 heterocycles. The van der Waals surface area contributed by atoms with Crippen LogP contribution in [-0.4, -0.2) is 24.7 Å². The van der Waals surface area contributed by atoms with Crippen molar-refractivity contribution in [3.05, 3.63) is 65.0 Å². The molecule has 0 amide bonds. The number of hydrogen-bond donors (Lipinski definition) is 0. The minimum Gasteiger partial charge on any atom is -0.370 e. The Morgan fingerprint density at radius 1 is 1.15 bits per heavy atom. The van der Waals surface area contributed by atoms with Gasteiger partial charge in [-0.1, -0.05) is 0 Å². The van der Waals surface area contributed by atoms with Crippen molar-refractivity contribution in [3.8, 4) is 6.07 Å². The number of carbonyl (C=O) groups excluding carboxylic acids is 2. The van der Waals surface area contributed by atoms with E-state index in [4.69, 9.17) is 0 Å². The second kappa shape index (κ2) is 7.49. The molecule has 0 saturated carbocycles. The van der Waals surface area contributed by atoms with E-state index in [0.717, 1.165) is 19.4 Å². The van der Waals surface area contributed by atoms with Crippen molar-refractivity contribution in [2.75, 3.05) is 18.0 Å². The Hall–Kier alpha value is -3.00. The van der Waals surface area contributed by atoms with E-state index in [-0.39, 0.29) is 23.3 Å². The van der Waals surface area contributed by atoms with E-state index in [9.17, 15) is 19.2 Å². The molecular formula is C21H19FN2O2. The molecule has 0 N–H and O–H groups in total. The molecule has 1 aliphatic rings. The first-order chi connectivity index (χ1) is 12.5. The van der Waals surface area contributed by atoms with Crippen LogP contribution >= 0.6 is 0 Å². The van der Waals surface area contributed by atoms with E-state index in [2.05, 4.69) is 6.07 Å². The fraction of sp³-hybridized carbons (Fsp3) is 0.286. The molecule has 5 heteroatoms. The Bertz CT molecular complexity index is 884. The number of carbonyl (C=O) groups is 2. The lowest BCUT2D eigenvalue weighted by Gasteiger charge is -2.34. The van der Waals surface area contributed by atoms with Gasteiger partial charge in [0, 0.05) is 30.1 Å². The number of rotatable bonds is 4. The van der Waals surface area contributed by atoms with Crippen molar-refractivity contribution >= 4 is 17.3 Å². The zero-order valence-electron chi connectivity index (χ0n) is 14.5. The van der Waals surface area contributed by atoms with Gasteiger partial charge < -0.3 is 4.90 Å². The molecule has 26 heavy (non-hydrogen) atoms. The highest BCUT2D eigenvalue weighted by Crippen LogP contribution is 2.29. The summed E-state index contributed by atoms with van der Waals surface area (Å²) in [5, 5.41) is 9.39. The Morgan fingerprint density at radius 3 is 2.50 bits per heavy atom. The van der Waals surface area contributed by atoms with Crippen LogP contribution in [0.15, 0.2) is 42.5 Å². The molecule has 2 aromatic rings. The molecule has 0 bridgehead atoms. The van der Waals surface area contributed by atoms with Gasteiger partial charge in [-0.25, -0.2) is 4.39 Å². The van der Waals surface area contributed by atoms with Crippen LogP contribution in [0.5, 0.6) is 0 Å². The first kappa shape index (κ1) is 17.8. The molecule has 0 aromatic heterocycles. The average Bonchev–Trinajstić information content (AvgIpc) is 2.67. The summed E-state index contributed by atoms with van der Waals surface area (Å²) in [6.07, 6.45) is 1.56. The van der Waals surface area contributed by atoms with Crippen molar-refractivity contribution in [2.45, 2.75) is 19.8 Å². The highest BCUT2D eigenvalue weighted by molar-refractivity contribution is 5.98. The summed E-state index contributed by atoms with van der Waals surface area (Å²) >= 11 is 0. The smallest absolute Gasteiger partial charge is 0.167 e. The maximum atomic E-state index is 13.1. The van der Waals surface area contributed by atoms with Crippen molar-refractivity contribution in [2.24, 2.45) is 5.92 Å². The molecule has 132 valence electrons. The quantitative estimate of drug-likeness (QED) is 0.782.